The van der Waals surface area contributed by atoms with Crippen molar-refractivity contribution in [2.24, 2.45) is 10.9 Å². The zero-order valence-electron chi connectivity index (χ0n) is 19.0. The highest BCUT2D eigenvalue weighted by atomic mass is 32.2. The maximum atomic E-state index is 12.8. The number of amidine groups is 2. The van der Waals surface area contributed by atoms with Crippen molar-refractivity contribution in [3.63, 3.8) is 0 Å². The minimum atomic E-state index is -0.250. The number of ether oxygens (including phenoxy) is 2. The summed E-state index contributed by atoms with van der Waals surface area (Å²) in [6.45, 7) is 4.04. The lowest BCUT2D eigenvalue weighted by molar-refractivity contribution is -0.113. The van der Waals surface area contributed by atoms with Gasteiger partial charge in [-0.1, -0.05) is 30.0 Å². The van der Waals surface area contributed by atoms with Gasteiger partial charge in [0.2, 0.25) is 5.91 Å². The van der Waals surface area contributed by atoms with Gasteiger partial charge in [0, 0.05) is 12.1 Å². The molecule has 2 heterocycles. The molecule has 2 aliphatic heterocycles. The van der Waals surface area contributed by atoms with Crippen molar-refractivity contribution >= 4 is 40.0 Å². The number of nitrogens with one attached hydrogen (secondary N) is 4. The highest BCUT2D eigenvalue weighted by Crippen LogP contribution is 2.33. The number of amides is 1. The molecule has 4 rings (SSSR count). The Labute approximate surface area is 197 Å². The number of carbonyl (C=O) groups excluding carboxylic acids is 1. The van der Waals surface area contributed by atoms with E-state index in [4.69, 9.17) is 19.9 Å². The molecule has 1 saturated heterocycles. The number of hydrogen-bond acceptors (Lipinski definition) is 8. The van der Waals surface area contributed by atoms with E-state index in [0.29, 0.717) is 28.2 Å². The second kappa shape index (κ2) is 9.82. The molecule has 10 heteroatoms. The van der Waals surface area contributed by atoms with Crippen LogP contribution in [-0.4, -0.2) is 49.1 Å². The Morgan fingerprint density at radius 2 is 2.00 bits per heavy atom. The number of hydrazine groups is 1. The lowest BCUT2D eigenvalue weighted by atomic mass is 9.96. The van der Waals surface area contributed by atoms with Crippen LogP contribution >= 0.6 is 11.8 Å². The van der Waals surface area contributed by atoms with Crippen LogP contribution in [0.5, 0.6) is 11.5 Å². The fourth-order valence-corrected chi connectivity index (χ4v) is 4.81. The third-order valence-corrected chi connectivity index (χ3v) is 6.66. The molecule has 0 bridgehead atoms. The molecule has 2 aliphatic rings. The maximum absolute atomic E-state index is 12.8. The lowest BCUT2D eigenvalue weighted by Gasteiger charge is -2.36. The first-order valence-electron chi connectivity index (χ1n) is 10.6. The zero-order chi connectivity index (χ0) is 23.5. The monoisotopic (exact) mass is 468 g/mol. The number of para-hydroxylation sites is 1. The van der Waals surface area contributed by atoms with E-state index in [9.17, 15) is 4.79 Å². The first kappa shape index (κ1) is 23.1. The number of nitrogens with zero attached hydrogens (tertiary/aromatic N) is 2. The Morgan fingerprint density at radius 1 is 1.21 bits per heavy atom. The molecule has 174 valence electrons. The van der Waals surface area contributed by atoms with Gasteiger partial charge in [0.05, 0.1) is 37.3 Å². The van der Waals surface area contributed by atoms with Gasteiger partial charge in [-0.05, 0) is 37.6 Å². The van der Waals surface area contributed by atoms with Crippen molar-refractivity contribution in [1.29, 1.82) is 5.41 Å². The topological polar surface area (TPSA) is 111 Å². The first-order valence-corrected chi connectivity index (χ1v) is 11.6. The standard InChI is InChI=1S/C23H28N6O3S/c1-13-7-5-6-8-17(13)29-21(24)20-14(2)27-28-22(20)26-23(29)33-12-19(30)25-16-10-9-15(31-3)11-18(16)32-4/h5-11,14,20,22,24,27-28H,12H2,1-4H3,(H,25,30). The van der Waals surface area contributed by atoms with Gasteiger partial charge in [0.25, 0.3) is 0 Å². The molecule has 2 aromatic rings. The molecular weight excluding hydrogens is 440 g/mol. The van der Waals surface area contributed by atoms with E-state index in [2.05, 4.69) is 16.2 Å². The van der Waals surface area contributed by atoms with Gasteiger partial charge in [-0.2, -0.15) is 0 Å². The van der Waals surface area contributed by atoms with Gasteiger partial charge in [0.15, 0.2) is 5.17 Å². The summed E-state index contributed by atoms with van der Waals surface area (Å²) in [6, 6.07) is 13.2. The summed E-state index contributed by atoms with van der Waals surface area (Å²) in [7, 11) is 3.12. The number of benzene rings is 2. The second-order valence-corrected chi connectivity index (χ2v) is 8.81. The first-order chi connectivity index (χ1) is 15.9. The summed E-state index contributed by atoms with van der Waals surface area (Å²) < 4.78 is 10.6. The third-order valence-electron chi connectivity index (χ3n) is 5.71. The van der Waals surface area contributed by atoms with E-state index in [1.807, 2.05) is 43.0 Å². The Balaban J connectivity index is 1.54. The number of anilines is 2. The number of thioether (sulfide) groups is 1. The van der Waals surface area contributed by atoms with E-state index in [-0.39, 0.29) is 29.8 Å². The van der Waals surface area contributed by atoms with Crippen molar-refractivity contribution in [3.05, 3.63) is 48.0 Å². The summed E-state index contributed by atoms with van der Waals surface area (Å²) >= 11 is 1.30. The van der Waals surface area contributed by atoms with Crippen LogP contribution in [0.15, 0.2) is 47.5 Å². The molecule has 0 radical (unpaired) electrons. The van der Waals surface area contributed by atoms with E-state index < -0.39 is 0 Å². The van der Waals surface area contributed by atoms with Crippen LogP contribution in [0.2, 0.25) is 0 Å². The SMILES string of the molecule is COc1ccc(NC(=O)CSC2=NC3NNC(C)C3C(=N)N2c2ccccc2C)c(OC)c1. The van der Waals surface area contributed by atoms with Crippen LogP contribution in [0.3, 0.4) is 0 Å². The molecule has 0 saturated carbocycles. The number of hydrogen-bond donors (Lipinski definition) is 4. The normalized spacial score (nSPS) is 21.9. The van der Waals surface area contributed by atoms with E-state index in [1.165, 1.54) is 11.8 Å². The van der Waals surface area contributed by atoms with Gasteiger partial charge >= 0.3 is 0 Å². The molecule has 9 nitrogen and oxygen atoms in total. The van der Waals surface area contributed by atoms with Crippen LogP contribution in [0.4, 0.5) is 11.4 Å². The van der Waals surface area contributed by atoms with Crippen LogP contribution in [0, 0.1) is 18.3 Å². The fourth-order valence-electron chi connectivity index (χ4n) is 3.96. The van der Waals surface area contributed by atoms with Crippen LogP contribution in [0.25, 0.3) is 0 Å². The molecule has 3 atom stereocenters. The summed E-state index contributed by atoms with van der Waals surface area (Å²) in [5.41, 5.74) is 8.83. The third kappa shape index (κ3) is 4.68. The molecule has 0 spiro atoms. The van der Waals surface area contributed by atoms with Crippen molar-refractivity contribution in [3.8, 4) is 11.5 Å². The van der Waals surface area contributed by atoms with Gasteiger partial charge in [-0.3, -0.25) is 20.5 Å². The summed E-state index contributed by atoms with van der Waals surface area (Å²) in [6.07, 6.45) is -0.250. The molecule has 33 heavy (non-hydrogen) atoms. The number of carbonyl (C=O) groups is 1. The Kier molecular flexibility index (Phi) is 6.87. The molecule has 3 unspecified atom stereocenters. The Hall–Kier alpha value is -3.08. The van der Waals surface area contributed by atoms with Crippen molar-refractivity contribution < 1.29 is 14.3 Å². The average molecular weight is 469 g/mol. The zero-order valence-corrected chi connectivity index (χ0v) is 19.8. The number of aliphatic imine (C=N–C) groups is 1. The minimum Gasteiger partial charge on any atom is -0.497 e. The number of methoxy groups -OCH3 is 2. The van der Waals surface area contributed by atoms with Crippen LogP contribution in [-0.2, 0) is 4.79 Å². The fraction of sp³-hybridized carbons (Fsp3) is 0.348. The van der Waals surface area contributed by atoms with E-state index in [1.54, 1.807) is 32.4 Å². The largest absolute Gasteiger partial charge is 0.497 e. The van der Waals surface area contributed by atoms with E-state index in [0.717, 1.165) is 11.3 Å². The molecular formula is C23H28N6O3S. The predicted octanol–water partition coefficient (Wildman–Crippen LogP) is 2.98. The number of aryl methyl sites for hydroxylation is 1. The minimum absolute atomic E-state index is 0.0650. The van der Waals surface area contributed by atoms with Gasteiger partial charge in [-0.25, -0.2) is 10.4 Å². The quantitative estimate of drug-likeness (QED) is 0.516. The van der Waals surface area contributed by atoms with Gasteiger partial charge < -0.3 is 14.8 Å². The number of rotatable bonds is 6. The Morgan fingerprint density at radius 3 is 2.73 bits per heavy atom. The van der Waals surface area contributed by atoms with E-state index >= 15 is 0 Å². The van der Waals surface area contributed by atoms with Gasteiger partial charge in [-0.15, -0.1) is 0 Å². The number of fused-ring (bicyclic) bond motifs is 1. The summed E-state index contributed by atoms with van der Waals surface area (Å²) in [5.74, 6) is 1.44. The molecule has 0 aliphatic carbocycles. The predicted molar refractivity (Wildman–Crippen MR) is 132 cm³/mol. The van der Waals surface area contributed by atoms with Crippen molar-refractivity contribution in [1.82, 2.24) is 10.9 Å². The van der Waals surface area contributed by atoms with Gasteiger partial charge in [0.1, 0.15) is 23.5 Å². The lowest BCUT2D eigenvalue weighted by Crippen LogP contribution is -2.50. The molecule has 4 N–H and O–H groups in total. The highest BCUT2D eigenvalue weighted by Gasteiger charge is 2.44. The second-order valence-electron chi connectivity index (χ2n) is 7.87. The average Bonchev–Trinajstić information content (AvgIpc) is 3.19. The maximum Gasteiger partial charge on any atom is 0.234 e. The smallest absolute Gasteiger partial charge is 0.234 e. The molecule has 1 fully saturated rings. The van der Waals surface area contributed by atoms with Crippen molar-refractivity contribution in [2.75, 3.05) is 30.2 Å². The van der Waals surface area contributed by atoms with Crippen LogP contribution < -0.4 is 30.5 Å². The van der Waals surface area contributed by atoms with Crippen LogP contribution in [0.1, 0.15) is 12.5 Å². The molecule has 1 amide bonds. The molecule has 0 aromatic heterocycles. The highest BCUT2D eigenvalue weighted by molar-refractivity contribution is 8.14. The summed E-state index contributed by atoms with van der Waals surface area (Å²) in [5, 5.41) is 12.4. The summed E-state index contributed by atoms with van der Waals surface area (Å²) in [4.78, 5) is 19.5. The Bertz CT molecular complexity index is 1090. The molecule has 2 aromatic carbocycles. The van der Waals surface area contributed by atoms with Crippen molar-refractivity contribution in [2.45, 2.75) is 26.1 Å².